The third-order valence-corrected chi connectivity index (χ3v) is 8.88. The maximum absolute atomic E-state index is 14.5. The molecule has 1 N–H and O–H groups in total. The van der Waals surface area contributed by atoms with E-state index in [2.05, 4.69) is 47.8 Å². The van der Waals surface area contributed by atoms with Crippen LogP contribution in [0.3, 0.4) is 0 Å². The maximum Gasteiger partial charge on any atom is 0.259 e. The zero-order chi connectivity index (χ0) is 29.6. The lowest BCUT2D eigenvalue weighted by atomic mass is 9.89. The fraction of sp³-hybridized carbons (Fsp3) is 0.424. The standard InChI is InChI=1S/C33H36N6O4/c1-3-7-29-27(19-22-10-11-25(23-8-5-4-6-9-23)26(18-22)28-20-30(40)36-35-28)31(41)38(32-34-21(2)37-39(29)32)24-12-14-33(15-13-24)42-16-17-43-33/h4-6,8-11,18,24H,3,7,12-17,19-20H2,1-2H3,(H,36,40). The summed E-state index contributed by atoms with van der Waals surface area (Å²) in [7, 11) is 0. The smallest absolute Gasteiger partial charge is 0.259 e. The number of hydrogen-bond donors (Lipinski definition) is 1. The number of amides is 1. The molecule has 1 spiro atoms. The summed E-state index contributed by atoms with van der Waals surface area (Å²) in [6, 6.07) is 16.3. The van der Waals surface area contributed by atoms with Crippen LogP contribution in [0.2, 0.25) is 0 Å². The average Bonchev–Trinajstić information content (AvgIpc) is 3.76. The van der Waals surface area contributed by atoms with Gasteiger partial charge >= 0.3 is 0 Å². The first kappa shape index (κ1) is 27.7. The van der Waals surface area contributed by atoms with Gasteiger partial charge in [0.05, 0.1) is 31.0 Å². The van der Waals surface area contributed by atoms with Gasteiger partial charge in [0.25, 0.3) is 5.56 Å². The predicted molar refractivity (Wildman–Crippen MR) is 162 cm³/mol. The molecular weight excluding hydrogens is 544 g/mol. The number of hydrogen-bond acceptors (Lipinski definition) is 7. The molecule has 1 saturated heterocycles. The van der Waals surface area contributed by atoms with Crippen LogP contribution in [0.15, 0.2) is 58.4 Å². The van der Waals surface area contributed by atoms with Crippen molar-refractivity contribution in [3.63, 3.8) is 0 Å². The van der Waals surface area contributed by atoms with Gasteiger partial charge in [-0.3, -0.25) is 14.2 Å². The Balaban J connectivity index is 1.32. The van der Waals surface area contributed by atoms with Crippen molar-refractivity contribution < 1.29 is 14.3 Å². The molecule has 10 heteroatoms. The molecule has 222 valence electrons. The number of benzene rings is 2. The molecule has 0 bridgehead atoms. The summed E-state index contributed by atoms with van der Waals surface area (Å²) < 4.78 is 15.7. The van der Waals surface area contributed by atoms with Crippen molar-refractivity contribution in [1.29, 1.82) is 0 Å². The predicted octanol–water partition coefficient (Wildman–Crippen LogP) is 4.49. The highest BCUT2D eigenvalue weighted by atomic mass is 16.7. The number of nitrogens with one attached hydrogen (secondary N) is 1. The van der Waals surface area contributed by atoms with Crippen LogP contribution in [-0.4, -0.2) is 49.8 Å². The fourth-order valence-corrected chi connectivity index (χ4v) is 6.85. The van der Waals surface area contributed by atoms with Gasteiger partial charge in [0.1, 0.15) is 5.82 Å². The molecule has 0 unspecified atom stereocenters. The van der Waals surface area contributed by atoms with E-state index in [1.165, 1.54) is 0 Å². The van der Waals surface area contributed by atoms with Crippen LogP contribution < -0.4 is 11.0 Å². The van der Waals surface area contributed by atoms with Crippen LogP contribution >= 0.6 is 0 Å². The molecule has 2 aliphatic heterocycles. The Hall–Kier alpha value is -4.15. The average molecular weight is 581 g/mol. The molecule has 2 aromatic heterocycles. The summed E-state index contributed by atoms with van der Waals surface area (Å²) in [5.41, 5.74) is 8.83. The van der Waals surface area contributed by atoms with E-state index in [1.807, 2.05) is 34.2 Å². The highest BCUT2D eigenvalue weighted by molar-refractivity contribution is 6.16. The SMILES string of the molecule is CCCc1c(Cc2ccc(-c3ccccc3)c(C3=NNC(=O)C3)c2)c(=O)n(C2CCC3(CC2)OCCO3)c2nc(C)nn12. The van der Waals surface area contributed by atoms with Crippen LogP contribution in [-0.2, 0) is 27.1 Å². The molecule has 1 amide bonds. The number of ether oxygens (including phenoxy) is 2. The first-order valence-electron chi connectivity index (χ1n) is 15.3. The molecule has 2 aromatic carbocycles. The van der Waals surface area contributed by atoms with Crippen LogP contribution in [0.1, 0.15) is 79.7 Å². The van der Waals surface area contributed by atoms with Gasteiger partial charge in [-0.15, -0.1) is 0 Å². The molecule has 10 nitrogen and oxygen atoms in total. The monoisotopic (exact) mass is 580 g/mol. The van der Waals surface area contributed by atoms with Gasteiger partial charge in [0, 0.05) is 36.4 Å². The molecule has 1 saturated carbocycles. The fourth-order valence-electron chi connectivity index (χ4n) is 6.85. The number of aromatic nitrogens is 4. The molecule has 2 fully saturated rings. The van der Waals surface area contributed by atoms with Crippen LogP contribution in [0.5, 0.6) is 0 Å². The summed E-state index contributed by atoms with van der Waals surface area (Å²) in [5.74, 6) is 0.612. The lowest BCUT2D eigenvalue weighted by molar-refractivity contribution is -0.181. The molecule has 1 aliphatic carbocycles. The van der Waals surface area contributed by atoms with Gasteiger partial charge in [-0.2, -0.15) is 15.2 Å². The van der Waals surface area contributed by atoms with E-state index < -0.39 is 5.79 Å². The molecule has 4 heterocycles. The molecule has 7 rings (SSSR count). The minimum Gasteiger partial charge on any atom is -0.348 e. The quantitative estimate of drug-likeness (QED) is 0.345. The van der Waals surface area contributed by atoms with Gasteiger partial charge in [-0.1, -0.05) is 55.8 Å². The lowest BCUT2D eigenvalue weighted by Crippen LogP contribution is -2.39. The van der Waals surface area contributed by atoms with Crippen molar-refractivity contribution in [2.24, 2.45) is 5.10 Å². The van der Waals surface area contributed by atoms with E-state index in [0.717, 1.165) is 65.6 Å². The number of aryl methyl sites for hydroxylation is 2. The number of carbonyl (C=O) groups is 1. The third kappa shape index (κ3) is 5.08. The molecule has 4 aromatic rings. The van der Waals surface area contributed by atoms with Crippen molar-refractivity contribution in [2.45, 2.75) is 77.0 Å². The summed E-state index contributed by atoms with van der Waals surface area (Å²) in [6.45, 7) is 5.23. The van der Waals surface area contributed by atoms with E-state index in [1.54, 1.807) is 0 Å². The second-order valence-corrected chi connectivity index (χ2v) is 11.8. The second-order valence-electron chi connectivity index (χ2n) is 11.8. The van der Waals surface area contributed by atoms with Gasteiger partial charge in [0.2, 0.25) is 11.7 Å². The number of nitrogens with zero attached hydrogens (tertiary/aromatic N) is 5. The minimum atomic E-state index is -0.513. The Morgan fingerprint density at radius 1 is 1.02 bits per heavy atom. The Morgan fingerprint density at radius 2 is 1.79 bits per heavy atom. The molecule has 0 atom stereocenters. The summed E-state index contributed by atoms with van der Waals surface area (Å²) >= 11 is 0. The van der Waals surface area contributed by atoms with Crippen molar-refractivity contribution in [2.75, 3.05) is 13.2 Å². The van der Waals surface area contributed by atoms with Gasteiger partial charge in [-0.05, 0) is 48.9 Å². The number of rotatable bonds is 7. The number of hydrazone groups is 1. The zero-order valence-electron chi connectivity index (χ0n) is 24.6. The Bertz CT molecular complexity index is 1770. The molecular formula is C33H36N6O4. The molecule has 3 aliphatic rings. The van der Waals surface area contributed by atoms with Crippen LogP contribution in [0.4, 0.5) is 0 Å². The van der Waals surface area contributed by atoms with Crippen LogP contribution in [0.25, 0.3) is 16.9 Å². The Kier molecular flexibility index (Phi) is 7.18. The highest BCUT2D eigenvalue weighted by Gasteiger charge is 2.41. The van der Waals surface area contributed by atoms with Crippen molar-refractivity contribution in [3.8, 4) is 11.1 Å². The van der Waals surface area contributed by atoms with E-state index in [4.69, 9.17) is 19.6 Å². The van der Waals surface area contributed by atoms with Crippen molar-refractivity contribution >= 4 is 17.4 Å². The van der Waals surface area contributed by atoms with Crippen molar-refractivity contribution in [3.05, 3.63) is 87.1 Å². The highest BCUT2D eigenvalue weighted by Crippen LogP contribution is 2.40. The third-order valence-electron chi connectivity index (χ3n) is 8.88. The molecule has 0 radical (unpaired) electrons. The van der Waals surface area contributed by atoms with Gasteiger partial charge in [0.15, 0.2) is 5.79 Å². The van der Waals surface area contributed by atoms with Crippen molar-refractivity contribution in [1.82, 2.24) is 24.6 Å². The summed E-state index contributed by atoms with van der Waals surface area (Å²) in [4.78, 5) is 31.4. The number of fused-ring (bicyclic) bond motifs is 1. The Labute approximate surface area is 249 Å². The minimum absolute atomic E-state index is 0.0127. The summed E-state index contributed by atoms with van der Waals surface area (Å²) in [5, 5.41) is 9.12. The summed E-state index contributed by atoms with van der Waals surface area (Å²) in [6.07, 6.45) is 5.26. The van der Waals surface area contributed by atoms with E-state index in [9.17, 15) is 9.59 Å². The first-order chi connectivity index (χ1) is 20.9. The zero-order valence-corrected chi connectivity index (χ0v) is 24.6. The maximum atomic E-state index is 14.5. The Morgan fingerprint density at radius 3 is 2.49 bits per heavy atom. The van der Waals surface area contributed by atoms with Crippen LogP contribution in [0, 0.1) is 6.92 Å². The van der Waals surface area contributed by atoms with Gasteiger partial charge < -0.3 is 9.47 Å². The van der Waals surface area contributed by atoms with E-state index in [-0.39, 0.29) is 23.9 Å². The van der Waals surface area contributed by atoms with E-state index in [0.29, 0.717) is 43.4 Å². The lowest BCUT2D eigenvalue weighted by Gasteiger charge is -2.36. The normalized spacial score (nSPS) is 18.5. The topological polar surface area (TPSA) is 112 Å². The number of carbonyl (C=O) groups excluding carboxylic acids is 1. The van der Waals surface area contributed by atoms with E-state index >= 15 is 0 Å². The first-order valence-corrected chi connectivity index (χ1v) is 15.3. The largest absolute Gasteiger partial charge is 0.348 e. The van der Waals surface area contributed by atoms with Gasteiger partial charge in [-0.25, -0.2) is 9.94 Å². The second kappa shape index (κ2) is 11.2. The molecule has 43 heavy (non-hydrogen) atoms.